The molecule has 1 fully saturated rings. The van der Waals surface area contributed by atoms with E-state index in [1.54, 1.807) is 0 Å². The Morgan fingerprint density at radius 1 is 1.00 bits per heavy atom. The van der Waals surface area contributed by atoms with Crippen LogP contribution in [0.5, 0.6) is 0 Å². The minimum atomic E-state index is -1.26. The van der Waals surface area contributed by atoms with E-state index in [1.165, 1.54) is 0 Å². The molecule has 0 unspecified atom stereocenters. The Kier molecular flexibility index (Phi) is 4.95. The van der Waals surface area contributed by atoms with Crippen LogP contribution in [0.1, 0.15) is 19.8 Å². The van der Waals surface area contributed by atoms with Crippen molar-refractivity contribution in [2.24, 2.45) is 0 Å². The Balaban J connectivity index is 2.55. The Morgan fingerprint density at radius 2 is 1.47 bits per heavy atom. The predicted octanol–water partition coefficient (Wildman–Crippen LogP) is -1.45. The third-order valence-electron chi connectivity index (χ3n) is 2.86. The number of hydrogen-bond donors (Lipinski definition) is 4. The second kappa shape index (κ2) is 5.77. The molecule has 1 rings (SSSR count). The monoisotopic (exact) mass is 219 g/mol. The van der Waals surface area contributed by atoms with Crippen molar-refractivity contribution < 1.29 is 20.4 Å². The van der Waals surface area contributed by atoms with Gasteiger partial charge in [-0.3, -0.25) is 4.90 Å². The molecule has 5 nitrogen and oxygen atoms in total. The molecule has 0 aromatic rings. The molecule has 90 valence electrons. The number of hydrogen-bond acceptors (Lipinski definition) is 5. The largest absolute Gasteiger partial charge is 0.389 e. The second-order valence-corrected chi connectivity index (χ2v) is 4.23. The summed E-state index contributed by atoms with van der Waals surface area (Å²) in [6, 6.07) is 0. The first-order valence-electron chi connectivity index (χ1n) is 5.51. The lowest BCUT2D eigenvalue weighted by molar-refractivity contribution is -0.0894. The first-order chi connectivity index (χ1) is 7.06. The molecule has 0 spiro atoms. The number of aliphatic hydroxyl groups is 4. The molecule has 0 aromatic carbocycles. The van der Waals surface area contributed by atoms with Gasteiger partial charge >= 0.3 is 0 Å². The summed E-state index contributed by atoms with van der Waals surface area (Å²) in [5.41, 5.74) is 0. The molecule has 1 aliphatic rings. The topological polar surface area (TPSA) is 84.2 Å². The molecule has 4 atom stereocenters. The summed E-state index contributed by atoms with van der Waals surface area (Å²) in [6.45, 7) is 3.43. The van der Waals surface area contributed by atoms with Gasteiger partial charge < -0.3 is 20.4 Å². The van der Waals surface area contributed by atoms with Crippen molar-refractivity contribution in [2.75, 3.05) is 19.6 Å². The SMILES string of the molecule is CCCCN1C[C@@H](O)[C@@H](O)[C@H](O)[C@@H](O)C1. The van der Waals surface area contributed by atoms with Crippen LogP contribution in [0.4, 0.5) is 0 Å². The van der Waals surface area contributed by atoms with E-state index >= 15 is 0 Å². The van der Waals surface area contributed by atoms with E-state index in [1.807, 2.05) is 4.90 Å². The quantitative estimate of drug-likeness (QED) is 0.466. The maximum atomic E-state index is 9.55. The lowest BCUT2D eigenvalue weighted by atomic mass is 10.1. The zero-order valence-electron chi connectivity index (χ0n) is 9.08. The van der Waals surface area contributed by atoms with E-state index in [2.05, 4.69) is 6.92 Å². The van der Waals surface area contributed by atoms with Crippen molar-refractivity contribution in [2.45, 2.75) is 44.2 Å². The molecule has 1 saturated heterocycles. The van der Waals surface area contributed by atoms with Crippen LogP contribution < -0.4 is 0 Å². The number of β-amino-alcohol motifs (C(OH)–C–C–N with tert-alkyl or cyclic N) is 2. The number of likely N-dealkylation sites (tertiary alicyclic amines) is 1. The van der Waals surface area contributed by atoms with Gasteiger partial charge in [0.25, 0.3) is 0 Å². The summed E-state index contributed by atoms with van der Waals surface area (Å²) in [5.74, 6) is 0. The minimum Gasteiger partial charge on any atom is -0.389 e. The molecule has 0 saturated carbocycles. The van der Waals surface area contributed by atoms with Crippen molar-refractivity contribution in [1.29, 1.82) is 0 Å². The van der Waals surface area contributed by atoms with E-state index in [0.717, 1.165) is 19.4 Å². The minimum absolute atomic E-state index is 0.301. The van der Waals surface area contributed by atoms with Gasteiger partial charge in [-0.2, -0.15) is 0 Å². The van der Waals surface area contributed by atoms with E-state index in [-0.39, 0.29) is 0 Å². The first kappa shape index (κ1) is 12.9. The van der Waals surface area contributed by atoms with Crippen molar-refractivity contribution in [3.63, 3.8) is 0 Å². The molecule has 0 radical (unpaired) electrons. The molecule has 4 N–H and O–H groups in total. The molecule has 0 amide bonds. The smallest absolute Gasteiger partial charge is 0.110 e. The lowest BCUT2D eigenvalue weighted by Gasteiger charge is -2.22. The van der Waals surface area contributed by atoms with Crippen molar-refractivity contribution in [1.82, 2.24) is 4.90 Å². The fourth-order valence-corrected chi connectivity index (χ4v) is 1.84. The number of rotatable bonds is 3. The van der Waals surface area contributed by atoms with Gasteiger partial charge in [-0.1, -0.05) is 13.3 Å². The van der Waals surface area contributed by atoms with Gasteiger partial charge in [-0.25, -0.2) is 0 Å². The van der Waals surface area contributed by atoms with E-state index in [9.17, 15) is 20.4 Å². The van der Waals surface area contributed by atoms with Crippen LogP contribution in [-0.2, 0) is 0 Å². The van der Waals surface area contributed by atoms with Crippen molar-refractivity contribution in [3.05, 3.63) is 0 Å². The molecule has 0 aliphatic carbocycles. The van der Waals surface area contributed by atoms with Crippen LogP contribution in [0.15, 0.2) is 0 Å². The van der Waals surface area contributed by atoms with Crippen molar-refractivity contribution >= 4 is 0 Å². The zero-order valence-corrected chi connectivity index (χ0v) is 9.08. The molecule has 15 heavy (non-hydrogen) atoms. The average Bonchev–Trinajstić information content (AvgIpc) is 2.30. The van der Waals surface area contributed by atoms with Crippen LogP contribution in [0, 0.1) is 0 Å². The molecule has 0 aromatic heterocycles. The number of nitrogens with zero attached hydrogens (tertiary/aromatic N) is 1. The van der Waals surface area contributed by atoms with Crippen LogP contribution in [-0.4, -0.2) is 69.4 Å². The fourth-order valence-electron chi connectivity index (χ4n) is 1.84. The zero-order chi connectivity index (χ0) is 11.4. The van der Waals surface area contributed by atoms with E-state index in [4.69, 9.17) is 0 Å². The fraction of sp³-hybridized carbons (Fsp3) is 1.00. The number of aliphatic hydroxyl groups excluding tert-OH is 4. The normalized spacial score (nSPS) is 39.0. The molecule has 1 aliphatic heterocycles. The Morgan fingerprint density at radius 3 is 1.87 bits per heavy atom. The standard InChI is InChI=1S/C10H21NO4/c1-2-3-4-11-5-7(12)9(14)10(15)8(13)6-11/h7-10,12-15H,2-6H2,1H3/t7-,8+,9-,10-/m1/s1. The first-order valence-corrected chi connectivity index (χ1v) is 5.51. The Hall–Kier alpha value is -0.200. The summed E-state index contributed by atoms with van der Waals surface area (Å²) in [4.78, 5) is 1.87. The van der Waals surface area contributed by atoms with Crippen molar-refractivity contribution in [3.8, 4) is 0 Å². The third kappa shape index (κ3) is 3.39. The average molecular weight is 219 g/mol. The molecule has 0 bridgehead atoms. The van der Waals surface area contributed by atoms with E-state index in [0.29, 0.717) is 13.1 Å². The summed E-state index contributed by atoms with van der Waals surface area (Å²) in [6.07, 6.45) is -2.49. The third-order valence-corrected chi connectivity index (χ3v) is 2.86. The highest BCUT2D eigenvalue weighted by Gasteiger charge is 2.35. The molecular weight excluding hydrogens is 198 g/mol. The van der Waals surface area contributed by atoms with Crippen LogP contribution >= 0.6 is 0 Å². The highest BCUT2D eigenvalue weighted by Crippen LogP contribution is 2.13. The van der Waals surface area contributed by atoms with Crippen LogP contribution in [0.3, 0.4) is 0 Å². The van der Waals surface area contributed by atoms with E-state index < -0.39 is 24.4 Å². The van der Waals surface area contributed by atoms with Gasteiger partial charge in [0.2, 0.25) is 0 Å². The van der Waals surface area contributed by atoms with Gasteiger partial charge in [0, 0.05) is 13.1 Å². The van der Waals surface area contributed by atoms with Gasteiger partial charge in [-0.05, 0) is 13.0 Å². The van der Waals surface area contributed by atoms with Gasteiger partial charge in [0.05, 0.1) is 12.2 Å². The summed E-state index contributed by atoms with van der Waals surface area (Å²) < 4.78 is 0. The molecule has 1 heterocycles. The molecular formula is C10H21NO4. The van der Waals surface area contributed by atoms with Crippen LogP contribution in [0.25, 0.3) is 0 Å². The summed E-state index contributed by atoms with van der Waals surface area (Å²) in [5, 5.41) is 38.0. The molecule has 5 heteroatoms. The Labute approximate surface area is 90.0 Å². The number of unbranched alkanes of at least 4 members (excludes halogenated alkanes) is 1. The van der Waals surface area contributed by atoms with Gasteiger partial charge in [-0.15, -0.1) is 0 Å². The van der Waals surface area contributed by atoms with Gasteiger partial charge in [0.1, 0.15) is 12.2 Å². The summed E-state index contributed by atoms with van der Waals surface area (Å²) >= 11 is 0. The van der Waals surface area contributed by atoms with Crippen LogP contribution in [0.2, 0.25) is 0 Å². The second-order valence-electron chi connectivity index (χ2n) is 4.23. The predicted molar refractivity (Wildman–Crippen MR) is 55.4 cm³/mol. The highest BCUT2D eigenvalue weighted by atomic mass is 16.4. The lowest BCUT2D eigenvalue weighted by Crippen LogP contribution is -2.43. The van der Waals surface area contributed by atoms with Gasteiger partial charge in [0.15, 0.2) is 0 Å². The maximum absolute atomic E-state index is 9.55. The maximum Gasteiger partial charge on any atom is 0.110 e. The summed E-state index contributed by atoms with van der Waals surface area (Å²) in [7, 11) is 0. The Bertz CT molecular complexity index is 174. The highest BCUT2D eigenvalue weighted by molar-refractivity contribution is 4.88.